The maximum Gasteiger partial charge on any atom is 0.416 e. The highest BCUT2D eigenvalue weighted by molar-refractivity contribution is 9.10. The van der Waals surface area contributed by atoms with Crippen LogP contribution in [0.4, 0.5) is 13.2 Å². The van der Waals surface area contributed by atoms with Crippen molar-refractivity contribution < 1.29 is 26.3 Å². The molecule has 36 heavy (non-hydrogen) atoms. The zero-order valence-electron chi connectivity index (χ0n) is 19.4. The first-order valence-electron chi connectivity index (χ1n) is 11.5. The van der Waals surface area contributed by atoms with Gasteiger partial charge in [-0.25, -0.2) is 8.42 Å². The quantitative estimate of drug-likeness (QED) is 0.348. The number of hydrogen-bond donors (Lipinski definition) is 0. The number of ether oxygens (including phenoxy) is 1. The van der Waals surface area contributed by atoms with Crippen molar-refractivity contribution in [2.24, 2.45) is 0 Å². The largest absolute Gasteiger partial charge is 0.416 e. The van der Waals surface area contributed by atoms with E-state index < -0.39 is 27.9 Å². The van der Waals surface area contributed by atoms with Crippen LogP contribution in [0, 0.1) is 0 Å². The van der Waals surface area contributed by atoms with Crippen molar-refractivity contribution in [1.82, 2.24) is 9.21 Å². The number of hydrogen-bond acceptors (Lipinski definition) is 4. The van der Waals surface area contributed by atoms with Gasteiger partial charge in [-0.15, -0.1) is 0 Å². The van der Waals surface area contributed by atoms with Crippen molar-refractivity contribution in [1.29, 1.82) is 0 Å². The van der Waals surface area contributed by atoms with Crippen molar-refractivity contribution >= 4 is 26.0 Å². The van der Waals surface area contributed by atoms with E-state index >= 15 is 0 Å². The van der Waals surface area contributed by atoms with Crippen LogP contribution in [-0.4, -0.2) is 57.0 Å². The standard InChI is InChI=1S/C26H26BrF3N2O3S/c27-23-9-11-24(12-10-23)36(33,34)32-15-13-31(14-16-32)17-18-35-25(20-5-2-1-3-6-20)21-7-4-8-22(19-21)26(28,29)30/h1-12,19,25H,13-18H2/t25-/m0/s1. The molecule has 1 aliphatic rings. The Morgan fingerprint density at radius 2 is 1.50 bits per heavy atom. The summed E-state index contributed by atoms with van der Waals surface area (Å²) in [5.74, 6) is 0. The third-order valence-electron chi connectivity index (χ3n) is 6.09. The van der Waals surface area contributed by atoms with Gasteiger partial charge in [0.1, 0.15) is 6.10 Å². The molecule has 1 heterocycles. The fourth-order valence-corrected chi connectivity index (χ4v) is 5.83. The molecule has 192 valence electrons. The van der Waals surface area contributed by atoms with Crippen LogP contribution < -0.4 is 0 Å². The lowest BCUT2D eigenvalue weighted by Crippen LogP contribution is -2.49. The maximum atomic E-state index is 13.3. The second-order valence-corrected chi connectivity index (χ2v) is 11.3. The number of benzene rings is 3. The molecule has 4 rings (SSSR count). The average molecular weight is 583 g/mol. The van der Waals surface area contributed by atoms with Crippen molar-refractivity contribution in [3.8, 4) is 0 Å². The molecule has 10 heteroatoms. The fourth-order valence-electron chi connectivity index (χ4n) is 4.14. The first-order valence-corrected chi connectivity index (χ1v) is 13.7. The summed E-state index contributed by atoms with van der Waals surface area (Å²) in [4.78, 5) is 2.36. The molecular weight excluding hydrogens is 557 g/mol. The smallest absolute Gasteiger partial charge is 0.367 e. The van der Waals surface area contributed by atoms with Crippen molar-refractivity contribution in [2.75, 3.05) is 39.3 Å². The molecular formula is C26H26BrF3N2O3S. The molecule has 0 unspecified atom stereocenters. The predicted octanol–water partition coefficient (Wildman–Crippen LogP) is 5.58. The maximum absolute atomic E-state index is 13.3. The van der Waals surface area contributed by atoms with Gasteiger partial charge in [0.2, 0.25) is 10.0 Å². The summed E-state index contributed by atoms with van der Waals surface area (Å²) < 4.78 is 74.0. The van der Waals surface area contributed by atoms with Gasteiger partial charge in [-0.1, -0.05) is 58.4 Å². The highest BCUT2D eigenvalue weighted by Crippen LogP contribution is 2.33. The molecule has 0 saturated carbocycles. The summed E-state index contributed by atoms with van der Waals surface area (Å²) in [6.45, 7) is 2.61. The Hall–Kier alpha value is -2.24. The summed E-state index contributed by atoms with van der Waals surface area (Å²) in [5, 5.41) is 0. The van der Waals surface area contributed by atoms with Crippen LogP contribution >= 0.6 is 15.9 Å². The van der Waals surface area contributed by atoms with E-state index in [2.05, 4.69) is 20.8 Å². The van der Waals surface area contributed by atoms with Crippen molar-refractivity contribution in [3.05, 3.63) is 100 Å². The molecule has 0 N–H and O–H groups in total. The van der Waals surface area contributed by atoms with Gasteiger partial charge in [0, 0.05) is 37.2 Å². The first-order chi connectivity index (χ1) is 17.1. The lowest BCUT2D eigenvalue weighted by Gasteiger charge is -2.34. The fraction of sp³-hybridized carbons (Fsp3) is 0.308. The highest BCUT2D eigenvalue weighted by Gasteiger charge is 2.32. The van der Waals surface area contributed by atoms with Gasteiger partial charge < -0.3 is 4.74 Å². The first kappa shape index (κ1) is 26.8. The molecule has 5 nitrogen and oxygen atoms in total. The third kappa shape index (κ3) is 6.54. The number of halogens is 4. The van der Waals surface area contributed by atoms with E-state index in [-0.39, 0.29) is 11.5 Å². The normalized spacial score (nSPS) is 16.7. The summed E-state index contributed by atoms with van der Waals surface area (Å²) >= 11 is 3.32. The van der Waals surface area contributed by atoms with Crippen LogP contribution in [0.1, 0.15) is 22.8 Å². The Labute approximate surface area is 217 Å². The predicted molar refractivity (Wildman–Crippen MR) is 135 cm³/mol. The molecule has 1 atom stereocenters. The number of piperazine rings is 1. The van der Waals surface area contributed by atoms with Gasteiger partial charge in [0.25, 0.3) is 0 Å². The van der Waals surface area contributed by atoms with E-state index in [4.69, 9.17) is 4.74 Å². The van der Waals surface area contributed by atoms with Crippen LogP contribution in [0.3, 0.4) is 0 Å². The minimum Gasteiger partial charge on any atom is -0.367 e. The van der Waals surface area contributed by atoms with Crippen LogP contribution in [0.25, 0.3) is 0 Å². The molecule has 1 fully saturated rings. The van der Waals surface area contributed by atoms with E-state index in [1.807, 2.05) is 30.3 Å². The molecule has 0 bridgehead atoms. The van der Waals surface area contributed by atoms with E-state index in [0.717, 1.165) is 22.2 Å². The van der Waals surface area contributed by atoms with Crippen LogP contribution in [0.15, 0.2) is 88.2 Å². The zero-order valence-corrected chi connectivity index (χ0v) is 21.8. The molecule has 3 aromatic rings. The van der Waals surface area contributed by atoms with E-state index in [0.29, 0.717) is 38.3 Å². The highest BCUT2D eigenvalue weighted by atomic mass is 79.9. The second kappa shape index (κ2) is 11.4. The van der Waals surface area contributed by atoms with Crippen LogP contribution in [0.2, 0.25) is 0 Å². The van der Waals surface area contributed by atoms with Crippen LogP contribution in [-0.2, 0) is 20.9 Å². The Bertz CT molecular complexity index is 1250. The van der Waals surface area contributed by atoms with Crippen molar-refractivity contribution in [3.63, 3.8) is 0 Å². The average Bonchev–Trinajstić information content (AvgIpc) is 2.87. The zero-order chi connectivity index (χ0) is 25.8. The molecule has 0 amide bonds. The monoisotopic (exact) mass is 582 g/mol. The Balaban J connectivity index is 1.37. The minimum absolute atomic E-state index is 0.259. The number of nitrogens with zero attached hydrogens (tertiary/aromatic N) is 2. The van der Waals surface area contributed by atoms with Gasteiger partial charge in [-0.2, -0.15) is 17.5 Å². The summed E-state index contributed by atoms with van der Waals surface area (Å²) in [5.41, 5.74) is 0.483. The number of alkyl halides is 3. The molecule has 3 aromatic carbocycles. The molecule has 0 aliphatic carbocycles. The van der Waals surface area contributed by atoms with E-state index in [1.54, 1.807) is 30.3 Å². The Kier molecular flexibility index (Phi) is 8.52. The third-order valence-corrected chi connectivity index (χ3v) is 8.54. The van der Waals surface area contributed by atoms with Gasteiger partial charge in [0.15, 0.2) is 0 Å². The second-order valence-electron chi connectivity index (χ2n) is 8.48. The molecule has 0 radical (unpaired) electrons. The summed E-state index contributed by atoms with van der Waals surface area (Å²) in [7, 11) is -3.56. The van der Waals surface area contributed by atoms with Gasteiger partial charge in [-0.3, -0.25) is 4.90 Å². The molecule has 1 saturated heterocycles. The lowest BCUT2D eigenvalue weighted by molar-refractivity contribution is -0.137. The SMILES string of the molecule is O=S(=O)(c1ccc(Br)cc1)N1CCN(CCO[C@@H](c2ccccc2)c2cccc(C(F)(F)F)c2)CC1. The van der Waals surface area contributed by atoms with Gasteiger partial charge in [0.05, 0.1) is 17.1 Å². The number of rotatable bonds is 8. The summed E-state index contributed by atoms with van der Waals surface area (Å²) in [6.07, 6.45) is -5.08. The minimum atomic E-state index is -4.44. The molecule has 1 aliphatic heterocycles. The molecule has 0 spiro atoms. The lowest BCUT2D eigenvalue weighted by atomic mass is 9.99. The Morgan fingerprint density at radius 3 is 2.14 bits per heavy atom. The van der Waals surface area contributed by atoms with E-state index in [9.17, 15) is 21.6 Å². The van der Waals surface area contributed by atoms with Crippen molar-refractivity contribution in [2.45, 2.75) is 17.2 Å². The van der Waals surface area contributed by atoms with Gasteiger partial charge in [-0.05, 0) is 47.5 Å². The topological polar surface area (TPSA) is 49.9 Å². The Morgan fingerprint density at radius 1 is 0.861 bits per heavy atom. The van der Waals surface area contributed by atoms with Crippen LogP contribution in [0.5, 0.6) is 0 Å². The van der Waals surface area contributed by atoms with Gasteiger partial charge >= 0.3 is 6.18 Å². The van der Waals surface area contributed by atoms with E-state index in [1.165, 1.54) is 10.4 Å². The summed E-state index contributed by atoms with van der Waals surface area (Å²) in [6, 6.07) is 20.9. The number of sulfonamides is 1. The molecule has 0 aromatic heterocycles.